The molecule has 0 unspecified atom stereocenters. The number of benzene rings is 2. The number of rotatable bonds is 2. The van der Waals surface area contributed by atoms with E-state index in [1.54, 1.807) is 7.11 Å². The summed E-state index contributed by atoms with van der Waals surface area (Å²) in [5.74, 6) is 0.638. The van der Waals surface area contributed by atoms with Crippen LogP contribution in [0.3, 0.4) is 0 Å². The third kappa shape index (κ3) is 1.98. The van der Waals surface area contributed by atoms with Gasteiger partial charge in [-0.2, -0.15) is 0 Å². The smallest absolute Gasteiger partial charge is 0.168 e. The Labute approximate surface area is 115 Å². The fourth-order valence-corrected chi connectivity index (χ4v) is 2.26. The Morgan fingerprint density at radius 1 is 1.21 bits per heavy atom. The molecule has 0 atom stereocenters. The number of para-hydroxylation sites is 1. The van der Waals surface area contributed by atoms with Gasteiger partial charge in [0.15, 0.2) is 5.11 Å². The van der Waals surface area contributed by atoms with Crippen LogP contribution in [0.2, 0.25) is 0 Å². The molecule has 0 bridgehead atoms. The number of ether oxygens (including phenoxy) is 1. The monoisotopic (exact) mass is 272 g/mol. The highest BCUT2D eigenvalue weighted by Gasteiger charge is 2.12. The van der Waals surface area contributed by atoms with E-state index in [1.165, 1.54) is 0 Å². The fraction of sp³-hybridized carbons (Fsp3) is 0.0714. The summed E-state index contributed by atoms with van der Waals surface area (Å²) in [6, 6.07) is 11.6. The van der Waals surface area contributed by atoms with Crippen molar-refractivity contribution >= 4 is 45.0 Å². The number of fused-ring (bicyclic) bond motifs is 3. The van der Waals surface area contributed by atoms with Gasteiger partial charge in [0.2, 0.25) is 0 Å². The second kappa shape index (κ2) is 4.44. The van der Waals surface area contributed by atoms with Crippen molar-refractivity contribution in [2.24, 2.45) is 5.73 Å². The Morgan fingerprint density at radius 3 is 2.74 bits per heavy atom. The van der Waals surface area contributed by atoms with Gasteiger partial charge in [0.25, 0.3) is 0 Å². The van der Waals surface area contributed by atoms with Crippen molar-refractivity contribution in [2.75, 3.05) is 12.4 Å². The molecule has 0 amide bonds. The maximum absolute atomic E-state index is 5.78. The number of thiocarbonyl (C=S) groups is 1. The maximum Gasteiger partial charge on any atom is 0.168 e. The number of hydrogen-bond acceptors (Lipinski definition) is 3. The first-order valence-electron chi connectivity index (χ1n) is 5.75. The van der Waals surface area contributed by atoms with Gasteiger partial charge >= 0.3 is 0 Å². The van der Waals surface area contributed by atoms with Gasteiger partial charge in [0.1, 0.15) is 16.9 Å². The molecule has 1 aromatic heterocycles. The minimum atomic E-state index is 0.199. The van der Waals surface area contributed by atoms with Gasteiger partial charge < -0.3 is 20.2 Å². The summed E-state index contributed by atoms with van der Waals surface area (Å²) in [5.41, 5.74) is 7.86. The molecule has 3 aromatic rings. The van der Waals surface area contributed by atoms with E-state index in [-0.39, 0.29) is 5.11 Å². The number of nitrogens with one attached hydrogen (secondary N) is 1. The van der Waals surface area contributed by atoms with E-state index in [1.807, 2.05) is 36.4 Å². The fourth-order valence-electron chi connectivity index (χ4n) is 2.15. The Morgan fingerprint density at radius 2 is 2.00 bits per heavy atom. The molecule has 0 saturated heterocycles. The molecule has 3 rings (SSSR count). The number of nitrogens with two attached hydrogens (primary N) is 1. The number of hydrogen-bond donors (Lipinski definition) is 2. The Bertz CT molecular complexity index is 780. The molecular weight excluding hydrogens is 260 g/mol. The van der Waals surface area contributed by atoms with Gasteiger partial charge in [-0.3, -0.25) is 0 Å². The second-order valence-corrected chi connectivity index (χ2v) is 4.58. The van der Waals surface area contributed by atoms with Gasteiger partial charge in [0.05, 0.1) is 12.8 Å². The van der Waals surface area contributed by atoms with Crippen LogP contribution in [0.1, 0.15) is 0 Å². The van der Waals surface area contributed by atoms with E-state index in [0.29, 0.717) is 5.75 Å². The average molecular weight is 272 g/mol. The third-order valence-corrected chi connectivity index (χ3v) is 3.06. The summed E-state index contributed by atoms with van der Waals surface area (Å²) in [4.78, 5) is 0. The first kappa shape index (κ1) is 11.8. The SMILES string of the molecule is COc1cc2oc3ccccc3c2cc1NC(N)=S. The third-order valence-electron chi connectivity index (χ3n) is 2.96. The summed E-state index contributed by atoms with van der Waals surface area (Å²) in [5, 5.41) is 5.16. The molecule has 0 aliphatic rings. The number of furan rings is 1. The van der Waals surface area contributed by atoms with Crippen LogP contribution in [0.15, 0.2) is 40.8 Å². The number of anilines is 1. The van der Waals surface area contributed by atoms with Crippen LogP contribution in [-0.4, -0.2) is 12.2 Å². The van der Waals surface area contributed by atoms with Gasteiger partial charge in [-0.1, -0.05) is 18.2 Å². The Kier molecular flexibility index (Phi) is 2.76. The quantitative estimate of drug-likeness (QED) is 0.701. The molecule has 0 aliphatic carbocycles. The zero-order valence-electron chi connectivity index (χ0n) is 10.3. The van der Waals surface area contributed by atoms with Gasteiger partial charge in [-0.25, -0.2) is 0 Å². The molecule has 3 N–H and O–H groups in total. The molecule has 5 heteroatoms. The lowest BCUT2D eigenvalue weighted by molar-refractivity contribution is 0.417. The van der Waals surface area contributed by atoms with Crippen molar-refractivity contribution in [1.82, 2.24) is 0 Å². The molecule has 0 spiro atoms. The predicted molar refractivity (Wildman–Crippen MR) is 80.7 cm³/mol. The van der Waals surface area contributed by atoms with E-state index >= 15 is 0 Å². The van der Waals surface area contributed by atoms with Gasteiger partial charge in [-0.15, -0.1) is 0 Å². The first-order valence-corrected chi connectivity index (χ1v) is 6.15. The second-order valence-electron chi connectivity index (χ2n) is 4.14. The van der Waals surface area contributed by atoms with E-state index in [4.69, 9.17) is 27.1 Å². The molecule has 4 nitrogen and oxygen atoms in total. The molecule has 0 fully saturated rings. The van der Waals surface area contributed by atoms with Crippen molar-refractivity contribution in [3.63, 3.8) is 0 Å². The lowest BCUT2D eigenvalue weighted by Crippen LogP contribution is -2.19. The van der Waals surface area contributed by atoms with Gasteiger partial charge in [-0.05, 0) is 24.4 Å². The number of methoxy groups -OCH3 is 1. The van der Waals surface area contributed by atoms with Crippen LogP contribution in [0, 0.1) is 0 Å². The summed E-state index contributed by atoms with van der Waals surface area (Å²) >= 11 is 4.87. The van der Waals surface area contributed by atoms with Crippen molar-refractivity contribution in [1.29, 1.82) is 0 Å². The highest BCUT2D eigenvalue weighted by molar-refractivity contribution is 7.80. The standard InChI is InChI=1S/C14H12N2O2S/c1-17-13-7-12-9(6-10(13)16-14(15)19)8-4-2-3-5-11(8)18-12/h2-7H,1H3,(H3,15,16,19). The largest absolute Gasteiger partial charge is 0.494 e. The highest BCUT2D eigenvalue weighted by atomic mass is 32.1. The predicted octanol–water partition coefficient (Wildman–Crippen LogP) is 3.25. The van der Waals surface area contributed by atoms with E-state index in [2.05, 4.69) is 5.32 Å². The topological polar surface area (TPSA) is 60.4 Å². The molecule has 0 aliphatic heterocycles. The van der Waals surface area contributed by atoms with Crippen molar-refractivity contribution in [3.05, 3.63) is 36.4 Å². The highest BCUT2D eigenvalue weighted by Crippen LogP contribution is 2.36. The van der Waals surface area contributed by atoms with Crippen molar-refractivity contribution in [3.8, 4) is 5.75 Å². The molecule has 96 valence electrons. The summed E-state index contributed by atoms with van der Waals surface area (Å²) in [6.07, 6.45) is 0. The zero-order valence-corrected chi connectivity index (χ0v) is 11.1. The van der Waals surface area contributed by atoms with Crippen LogP contribution < -0.4 is 15.8 Å². The molecule has 2 aromatic carbocycles. The van der Waals surface area contributed by atoms with Crippen molar-refractivity contribution < 1.29 is 9.15 Å². The van der Waals surface area contributed by atoms with Crippen molar-refractivity contribution in [2.45, 2.75) is 0 Å². The minimum absolute atomic E-state index is 0.199. The molecule has 0 radical (unpaired) electrons. The molecule has 1 heterocycles. The minimum Gasteiger partial charge on any atom is -0.494 e. The van der Waals surface area contributed by atoms with Crippen LogP contribution in [0.25, 0.3) is 21.9 Å². The average Bonchev–Trinajstić information content (AvgIpc) is 2.75. The lowest BCUT2D eigenvalue weighted by atomic mass is 10.1. The normalized spacial score (nSPS) is 10.8. The first-order chi connectivity index (χ1) is 9.19. The Hall–Kier alpha value is -2.27. The van der Waals surface area contributed by atoms with Crippen LogP contribution >= 0.6 is 12.2 Å². The summed E-state index contributed by atoms with van der Waals surface area (Å²) < 4.78 is 11.1. The zero-order chi connectivity index (χ0) is 13.4. The van der Waals surface area contributed by atoms with Gasteiger partial charge in [0, 0.05) is 16.8 Å². The summed E-state index contributed by atoms with van der Waals surface area (Å²) in [7, 11) is 1.59. The van der Waals surface area contributed by atoms with Crippen LogP contribution in [-0.2, 0) is 0 Å². The molecule has 19 heavy (non-hydrogen) atoms. The Balaban J connectivity index is 2.31. The summed E-state index contributed by atoms with van der Waals surface area (Å²) in [6.45, 7) is 0. The van der Waals surface area contributed by atoms with Crippen LogP contribution in [0.5, 0.6) is 5.75 Å². The van der Waals surface area contributed by atoms with E-state index < -0.39 is 0 Å². The van der Waals surface area contributed by atoms with Crippen LogP contribution in [0.4, 0.5) is 5.69 Å². The van der Waals surface area contributed by atoms with E-state index in [0.717, 1.165) is 27.6 Å². The lowest BCUT2D eigenvalue weighted by Gasteiger charge is -2.09. The molecular formula is C14H12N2O2S. The molecule has 0 saturated carbocycles. The van der Waals surface area contributed by atoms with E-state index in [9.17, 15) is 0 Å². The maximum atomic E-state index is 5.78.